The number of hydrogen-bond donors (Lipinski definition) is 1. The maximum Gasteiger partial charge on any atom is 0.317 e. The zero-order valence-corrected chi connectivity index (χ0v) is 12.6. The third-order valence-corrected chi connectivity index (χ3v) is 3.29. The minimum absolute atomic E-state index is 0.0297. The van der Waals surface area contributed by atoms with Gasteiger partial charge in [0.1, 0.15) is 12.4 Å². The van der Waals surface area contributed by atoms with Gasteiger partial charge in [-0.2, -0.15) is 9.37 Å². The number of aromatic nitrogens is 2. The van der Waals surface area contributed by atoms with E-state index in [1.54, 1.807) is 4.90 Å². The molecule has 7 heteroatoms. The number of nitrogens with zero attached hydrogens (tertiary/aromatic N) is 3. The lowest BCUT2D eigenvalue weighted by molar-refractivity contribution is 0.176. The Kier molecular flexibility index (Phi) is 4.93. The molecule has 0 spiro atoms. The summed E-state index contributed by atoms with van der Waals surface area (Å²) >= 11 is 0. The highest BCUT2D eigenvalue weighted by Gasteiger charge is 2.29. The summed E-state index contributed by atoms with van der Waals surface area (Å²) in [5.41, 5.74) is 0.340. The standard InChI is InChI=1S/C14H21FN4O2/c1-4-11-12(15)13(17-8-16-11)21-10-5-6-19(7-10)14(20)18-9(2)3/h8-10H,4-7H2,1-3H3,(H,18,20)/t10-/m0/s1. The molecule has 21 heavy (non-hydrogen) atoms. The molecule has 0 aromatic carbocycles. The molecule has 1 aliphatic rings. The maximum absolute atomic E-state index is 14.0. The molecule has 1 aromatic rings. The van der Waals surface area contributed by atoms with Crippen molar-refractivity contribution in [2.75, 3.05) is 13.1 Å². The van der Waals surface area contributed by atoms with E-state index in [4.69, 9.17) is 4.74 Å². The van der Waals surface area contributed by atoms with Crippen LogP contribution in [0.3, 0.4) is 0 Å². The first-order valence-electron chi connectivity index (χ1n) is 7.22. The van der Waals surface area contributed by atoms with Gasteiger partial charge in [-0.1, -0.05) is 6.92 Å². The van der Waals surface area contributed by atoms with Gasteiger partial charge in [-0.25, -0.2) is 9.78 Å². The summed E-state index contributed by atoms with van der Waals surface area (Å²) in [5.74, 6) is -0.539. The molecule has 0 saturated carbocycles. The quantitative estimate of drug-likeness (QED) is 0.919. The lowest BCUT2D eigenvalue weighted by Crippen LogP contribution is -2.42. The minimum atomic E-state index is -0.509. The van der Waals surface area contributed by atoms with Crippen LogP contribution >= 0.6 is 0 Å². The fourth-order valence-corrected chi connectivity index (χ4v) is 2.22. The van der Waals surface area contributed by atoms with Crippen LogP contribution < -0.4 is 10.1 Å². The zero-order chi connectivity index (χ0) is 15.4. The summed E-state index contributed by atoms with van der Waals surface area (Å²) in [7, 11) is 0. The first kappa shape index (κ1) is 15.5. The Morgan fingerprint density at radius 2 is 2.33 bits per heavy atom. The number of urea groups is 1. The number of halogens is 1. The van der Waals surface area contributed by atoms with Crippen molar-refractivity contribution >= 4 is 6.03 Å². The smallest absolute Gasteiger partial charge is 0.317 e. The van der Waals surface area contributed by atoms with Crippen molar-refractivity contribution in [3.05, 3.63) is 17.8 Å². The number of carbonyl (C=O) groups excluding carboxylic acids is 1. The van der Waals surface area contributed by atoms with Crippen molar-refractivity contribution in [3.8, 4) is 5.88 Å². The molecule has 6 nitrogen and oxygen atoms in total. The Morgan fingerprint density at radius 3 is 3.00 bits per heavy atom. The van der Waals surface area contributed by atoms with E-state index < -0.39 is 5.82 Å². The second-order valence-electron chi connectivity index (χ2n) is 5.37. The second kappa shape index (κ2) is 6.69. The number of nitrogens with one attached hydrogen (secondary N) is 1. The summed E-state index contributed by atoms with van der Waals surface area (Å²) in [6, 6.07) is -0.0302. The average molecular weight is 296 g/mol. The number of rotatable bonds is 4. The second-order valence-corrected chi connectivity index (χ2v) is 5.37. The van der Waals surface area contributed by atoms with Crippen molar-refractivity contribution in [3.63, 3.8) is 0 Å². The van der Waals surface area contributed by atoms with Gasteiger partial charge in [0.2, 0.25) is 5.82 Å². The van der Waals surface area contributed by atoms with Crippen LogP contribution in [0.25, 0.3) is 0 Å². The largest absolute Gasteiger partial charge is 0.470 e. The molecule has 116 valence electrons. The predicted octanol–water partition coefficient (Wildman–Crippen LogP) is 1.75. The molecule has 0 bridgehead atoms. The molecule has 1 aliphatic heterocycles. The van der Waals surface area contributed by atoms with Crippen molar-refractivity contribution in [1.29, 1.82) is 0 Å². The van der Waals surface area contributed by atoms with Gasteiger partial charge in [-0.05, 0) is 20.3 Å². The molecule has 1 fully saturated rings. The molecule has 1 aromatic heterocycles. The Hall–Kier alpha value is -1.92. The molecule has 1 atom stereocenters. The van der Waals surface area contributed by atoms with Gasteiger partial charge < -0.3 is 15.0 Å². The molecule has 0 unspecified atom stereocenters. The Morgan fingerprint density at radius 1 is 1.57 bits per heavy atom. The van der Waals surface area contributed by atoms with E-state index in [2.05, 4.69) is 15.3 Å². The highest BCUT2D eigenvalue weighted by molar-refractivity contribution is 5.74. The van der Waals surface area contributed by atoms with Crippen LogP contribution in [-0.4, -0.2) is 46.1 Å². The molecule has 1 N–H and O–H groups in total. The van der Waals surface area contributed by atoms with Crippen LogP contribution in [0, 0.1) is 5.82 Å². The molecule has 0 aliphatic carbocycles. The third kappa shape index (κ3) is 3.80. The van der Waals surface area contributed by atoms with Crippen molar-refractivity contribution in [1.82, 2.24) is 20.2 Å². The topological polar surface area (TPSA) is 67.4 Å². The van der Waals surface area contributed by atoms with Gasteiger partial charge >= 0.3 is 6.03 Å². The monoisotopic (exact) mass is 296 g/mol. The molecule has 2 rings (SSSR count). The fraction of sp³-hybridized carbons (Fsp3) is 0.643. The Bertz CT molecular complexity index is 510. The van der Waals surface area contributed by atoms with Gasteiger partial charge in [-0.3, -0.25) is 0 Å². The van der Waals surface area contributed by atoms with Crippen LogP contribution in [0.4, 0.5) is 9.18 Å². The highest BCUT2D eigenvalue weighted by Crippen LogP contribution is 2.21. The Balaban J connectivity index is 1.95. The van der Waals surface area contributed by atoms with Crippen molar-refractivity contribution in [2.24, 2.45) is 0 Å². The van der Waals surface area contributed by atoms with E-state index in [0.29, 0.717) is 31.6 Å². The normalized spacial score (nSPS) is 18.1. The van der Waals surface area contributed by atoms with Gasteiger partial charge in [0.15, 0.2) is 0 Å². The molecular formula is C14H21FN4O2. The maximum atomic E-state index is 14.0. The van der Waals surface area contributed by atoms with Gasteiger partial charge in [0.25, 0.3) is 5.88 Å². The van der Waals surface area contributed by atoms with E-state index in [0.717, 1.165) is 0 Å². The van der Waals surface area contributed by atoms with Gasteiger partial charge in [-0.15, -0.1) is 0 Å². The van der Waals surface area contributed by atoms with Crippen LogP contribution in [0.5, 0.6) is 5.88 Å². The number of hydrogen-bond acceptors (Lipinski definition) is 4. The number of amides is 2. The number of likely N-dealkylation sites (tertiary alicyclic amines) is 1. The summed E-state index contributed by atoms with van der Waals surface area (Å²) in [6.07, 6.45) is 2.21. The van der Waals surface area contributed by atoms with E-state index in [1.807, 2.05) is 20.8 Å². The van der Waals surface area contributed by atoms with Crippen LogP contribution in [-0.2, 0) is 6.42 Å². The first-order valence-corrected chi connectivity index (χ1v) is 7.22. The molecule has 1 saturated heterocycles. The fourth-order valence-electron chi connectivity index (χ4n) is 2.22. The Labute approximate surface area is 123 Å². The third-order valence-electron chi connectivity index (χ3n) is 3.29. The van der Waals surface area contributed by atoms with E-state index >= 15 is 0 Å². The van der Waals surface area contributed by atoms with E-state index in [9.17, 15) is 9.18 Å². The van der Waals surface area contributed by atoms with Crippen LogP contribution in [0.15, 0.2) is 6.33 Å². The molecular weight excluding hydrogens is 275 g/mol. The first-order chi connectivity index (χ1) is 10.0. The average Bonchev–Trinajstić information content (AvgIpc) is 2.89. The number of aryl methyl sites for hydroxylation is 1. The highest BCUT2D eigenvalue weighted by atomic mass is 19.1. The van der Waals surface area contributed by atoms with Crippen LogP contribution in [0.2, 0.25) is 0 Å². The van der Waals surface area contributed by atoms with Gasteiger partial charge in [0.05, 0.1) is 12.2 Å². The number of carbonyl (C=O) groups is 1. The summed E-state index contributed by atoms with van der Waals surface area (Å²) in [5, 5.41) is 2.83. The zero-order valence-electron chi connectivity index (χ0n) is 12.6. The van der Waals surface area contributed by atoms with Gasteiger partial charge in [0, 0.05) is 19.0 Å². The predicted molar refractivity (Wildman–Crippen MR) is 75.6 cm³/mol. The van der Waals surface area contributed by atoms with E-state index in [1.165, 1.54) is 6.33 Å². The number of ether oxygens (including phenoxy) is 1. The summed E-state index contributed by atoms with van der Waals surface area (Å²) in [4.78, 5) is 21.3. The SMILES string of the molecule is CCc1ncnc(O[C@H]2CCN(C(=O)NC(C)C)C2)c1F. The lowest BCUT2D eigenvalue weighted by atomic mass is 10.3. The minimum Gasteiger partial charge on any atom is -0.470 e. The lowest BCUT2D eigenvalue weighted by Gasteiger charge is -2.19. The van der Waals surface area contributed by atoms with E-state index in [-0.39, 0.29) is 24.1 Å². The summed E-state index contributed by atoms with van der Waals surface area (Å²) in [6.45, 7) is 6.66. The summed E-state index contributed by atoms with van der Waals surface area (Å²) < 4.78 is 19.6. The molecule has 0 radical (unpaired) electrons. The molecule has 2 amide bonds. The van der Waals surface area contributed by atoms with Crippen molar-refractivity contribution in [2.45, 2.75) is 45.8 Å². The molecule has 2 heterocycles. The van der Waals surface area contributed by atoms with Crippen molar-refractivity contribution < 1.29 is 13.9 Å². The van der Waals surface area contributed by atoms with Crippen LogP contribution in [0.1, 0.15) is 32.9 Å².